The molecule has 0 atom stereocenters. The zero-order valence-corrected chi connectivity index (χ0v) is 19.8. The number of carbonyl (C=O) groups excluding carboxylic acids is 2. The van der Waals surface area contributed by atoms with Crippen LogP contribution >= 0.6 is 31.9 Å². The Morgan fingerprint density at radius 3 is 2.03 bits per heavy atom. The van der Waals surface area contributed by atoms with Crippen LogP contribution in [0.2, 0.25) is 0 Å². The molecule has 0 saturated heterocycles. The summed E-state index contributed by atoms with van der Waals surface area (Å²) in [5, 5.41) is 5.51. The van der Waals surface area contributed by atoms with Crippen LogP contribution in [0.25, 0.3) is 0 Å². The summed E-state index contributed by atoms with van der Waals surface area (Å²) in [5.74, 6) is 0.612. The van der Waals surface area contributed by atoms with Crippen molar-refractivity contribution in [2.24, 2.45) is 0 Å². The van der Waals surface area contributed by atoms with Crippen molar-refractivity contribution in [2.75, 3.05) is 23.8 Å². The van der Waals surface area contributed by atoms with Crippen molar-refractivity contribution in [1.29, 1.82) is 0 Å². The molecule has 0 fully saturated rings. The van der Waals surface area contributed by atoms with Crippen LogP contribution in [0.15, 0.2) is 75.7 Å². The maximum atomic E-state index is 12.3. The molecule has 0 saturated carbocycles. The van der Waals surface area contributed by atoms with Gasteiger partial charge in [-0.25, -0.2) is 0 Å². The average molecular weight is 548 g/mol. The lowest BCUT2D eigenvalue weighted by Gasteiger charge is -2.12. The minimum Gasteiger partial charge on any atom is -0.484 e. The van der Waals surface area contributed by atoms with Crippen LogP contribution in [0.3, 0.4) is 0 Å². The number of anilines is 2. The zero-order valence-electron chi connectivity index (χ0n) is 16.7. The van der Waals surface area contributed by atoms with Gasteiger partial charge in [-0.3, -0.25) is 9.59 Å². The minimum atomic E-state index is -0.315. The molecule has 0 bridgehead atoms. The molecule has 8 heteroatoms. The predicted octanol–water partition coefficient (Wildman–Crippen LogP) is 5.56. The second-order valence-electron chi connectivity index (χ2n) is 6.60. The van der Waals surface area contributed by atoms with Gasteiger partial charge in [0.2, 0.25) is 0 Å². The SMILES string of the molecule is Cc1cc(Br)cc(Br)c1OCC(=O)Nc1cccc(NC(=O)COc2ccccc2)c1. The predicted molar refractivity (Wildman–Crippen MR) is 128 cm³/mol. The largest absolute Gasteiger partial charge is 0.484 e. The summed E-state index contributed by atoms with van der Waals surface area (Å²) < 4.78 is 12.8. The fourth-order valence-electron chi connectivity index (χ4n) is 2.74. The van der Waals surface area contributed by atoms with E-state index in [-0.39, 0.29) is 25.0 Å². The highest BCUT2D eigenvalue weighted by Crippen LogP contribution is 2.32. The van der Waals surface area contributed by atoms with Crippen molar-refractivity contribution in [3.8, 4) is 11.5 Å². The number of benzene rings is 3. The summed E-state index contributed by atoms with van der Waals surface area (Å²) >= 11 is 6.85. The molecule has 0 aliphatic rings. The minimum absolute atomic E-state index is 0.115. The molecule has 3 aromatic rings. The maximum absolute atomic E-state index is 12.3. The molecule has 2 N–H and O–H groups in total. The molecule has 6 nitrogen and oxygen atoms in total. The van der Waals surface area contributed by atoms with E-state index in [1.54, 1.807) is 36.4 Å². The first-order chi connectivity index (χ1) is 14.9. The smallest absolute Gasteiger partial charge is 0.262 e. The van der Waals surface area contributed by atoms with E-state index in [2.05, 4.69) is 42.5 Å². The summed E-state index contributed by atoms with van der Waals surface area (Å²) in [6.45, 7) is 1.63. The normalized spacial score (nSPS) is 10.3. The van der Waals surface area contributed by atoms with Gasteiger partial charge in [0.05, 0.1) is 4.47 Å². The highest BCUT2D eigenvalue weighted by Gasteiger charge is 2.11. The van der Waals surface area contributed by atoms with E-state index < -0.39 is 0 Å². The molecule has 3 rings (SSSR count). The van der Waals surface area contributed by atoms with Crippen LogP contribution < -0.4 is 20.1 Å². The molecule has 3 aromatic carbocycles. The third-order valence-corrected chi connectivity index (χ3v) is 5.13. The summed E-state index contributed by atoms with van der Waals surface area (Å²) in [4.78, 5) is 24.4. The first kappa shape index (κ1) is 22.8. The Balaban J connectivity index is 1.51. The third-order valence-electron chi connectivity index (χ3n) is 4.08. The van der Waals surface area contributed by atoms with Gasteiger partial charge in [0.15, 0.2) is 13.2 Å². The topological polar surface area (TPSA) is 76.7 Å². The van der Waals surface area contributed by atoms with Crippen LogP contribution in [-0.2, 0) is 9.59 Å². The van der Waals surface area contributed by atoms with Gasteiger partial charge in [-0.2, -0.15) is 0 Å². The fourth-order valence-corrected chi connectivity index (χ4v) is 4.30. The highest BCUT2D eigenvalue weighted by molar-refractivity contribution is 9.11. The van der Waals surface area contributed by atoms with Gasteiger partial charge >= 0.3 is 0 Å². The standard InChI is InChI=1S/C23H20Br2N2O4/c1-15-10-16(24)11-20(25)23(15)31-14-22(29)27-18-7-5-6-17(12-18)26-21(28)13-30-19-8-3-2-4-9-19/h2-12H,13-14H2,1H3,(H,26,28)(H,27,29). The summed E-state index contributed by atoms with van der Waals surface area (Å²) in [6.07, 6.45) is 0. The van der Waals surface area contributed by atoms with E-state index in [4.69, 9.17) is 9.47 Å². The fraction of sp³-hybridized carbons (Fsp3) is 0.130. The van der Waals surface area contributed by atoms with E-state index in [1.165, 1.54) is 0 Å². The molecule has 0 unspecified atom stereocenters. The van der Waals surface area contributed by atoms with E-state index >= 15 is 0 Å². The van der Waals surface area contributed by atoms with E-state index in [9.17, 15) is 9.59 Å². The van der Waals surface area contributed by atoms with Crippen molar-refractivity contribution < 1.29 is 19.1 Å². The van der Waals surface area contributed by atoms with Crippen molar-refractivity contribution >= 4 is 55.0 Å². The molecular formula is C23H20Br2N2O4. The molecule has 0 aliphatic heterocycles. The van der Waals surface area contributed by atoms with Gasteiger partial charge in [0.1, 0.15) is 11.5 Å². The van der Waals surface area contributed by atoms with Crippen LogP contribution in [0, 0.1) is 6.92 Å². The monoisotopic (exact) mass is 546 g/mol. The van der Waals surface area contributed by atoms with Crippen LogP contribution in [-0.4, -0.2) is 25.0 Å². The lowest BCUT2D eigenvalue weighted by Crippen LogP contribution is -2.21. The number of ether oxygens (including phenoxy) is 2. The molecule has 0 radical (unpaired) electrons. The number of amides is 2. The Morgan fingerprint density at radius 1 is 0.806 bits per heavy atom. The zero-order chi connectivity index (χ0) is 22.2. The van der Waals surface area contributed by atoms with Crippen LogP contribution in [0.4, 0.5) is 11.4 Å². The van der Waals surface area contributed by atoms with Gasteiger partial charge in [0.25, 0.3) is 11.8 Å². The van der Waals surface area contributed by atoms with E-state index in [0.29, 0.717) is 22.9 Å². The number of nitrogens with one attached hydrogen (secondary N) is 2. The molecule has 0 aromatic heterocycles. The van der Waals surface area contributed by atoms with E-state index in [1.807, 2.05) is 37.3 Å². The number of hydrogen-bond donors (Lipinski definition) is 2. The van der Waals surface area contributed by atoms with Gasteiger partial charge in [-0.05, 0) is 70.9 Å². The summed E-state index contributed by atoms with van der Waals surface area (Å²) in [6, 6.07) is 19.7. The lowest BCUT2D eigenvalue weighted by atomic mass is 10.2. The number of carbonyl (C=O) groups is 2. The summed E-state index contributed by atoms with van der Waals surface area (Å²) in [7, 11) is 0. The Morgan fingerprint density at radius 2 is 1.42 bits per heavy atom. The van der Waals surface area contributed by atoms with Crippen molar-refractivity contribution in [3.05, 3.63) is 81.2 Å². The number of halogens is 2. The Hall–Kier alpha value is -2.84. The average Bonchev–Trinajstić information content (AvgIpc) is 2.72. The summed E-state index contributed by atoms with van der Waals surface area (Å²) in [5.41, 5.74) is 1.99. The second-order valence-corrected chi connectivity index (χ2v) is 8.37. The van der Waals surface area contributed by atoms with Crippen LogP contribution in [0.5, 0.6) is 11.5 Å². The number of rotatable bonds is 8. The molecular weight excluding hydrogens is 528 g/mol. The number of para-hydroxylation sites is 1. The first-order valence-electron chi connectivity index (χ1n) is 9.37. The van der Waals surface area contributed by atoms with Gasteiger partial charge in [0, 0.05) is 15.8 Å². The molecule has 31 heavy (non-hydrogen) atoms. The molecule has 0 aliphatic carbocycles. The molecule has 0 heterocycles. The van der Waals surface area contributed by atoms with Gasteiger partial charge in [-0.1, -0.05) is 40.2 Å². The molecule has 160 valence electrons. The quantitative estimate of drug-likeness (QED) is 0.387. The van der Waals surface area contributed by atoms with Crippen molar-refractivity contribution in [2.45, 2.75) is 6.92 Å². The first-order valence-corrected chi connectivity index (χ1v) is 11.0. The van der Waals surface area contributed by atoms with E-state index in [0.717, 1.165) is 14.5 Å². The van der Waals surface area contributed by atoms with Gasteiger partial charge in [-0.15, -0.1) is 0 Å². The third kappa shape index (κ3) is 7.11. The second kappa shape index (κ2) is 11.0. The number of hydrogen-bond acceptors (Lipinski definition) is 4. The lowest BCUT2D eigenvalue weighted by molar-refractivity contribution is -0.118. The van der Waals surface area contributed by atoms with Crippen molar-refractivity contribution in [3.63, 3.8) is 0 Å². The Bertz CT molecular complexity index is 1050. The van der Waals surface area contributed by atoms with Crippen molar-refractivity contribution in [1.82, 2.24) is 0 Å². The number of aryl methyl sites for hydroxylation is 1. The molecule has 2 amide bonds. The Labute approximate surface area is 197 Å². The highest BCUT2D eigenvalue weighted by atomic mass is 79.9. The Kier molecular flexibility index (Phi) is 8.08. The van der Waals surface area contributed by atoms with Crippen LogP contribution in [0.1, 0.15) is 5.56 Å². The van der Waals surface area contributed by atoms with Gasteiger partial charge < -0.3 is 20.1 Å². The maximum Gasteiger partial charge on any atom is 0.262 e. The molecule has 0 spiro atoms.